The number of aryl methyl sites for hydroxylation is 1. The lowest BCUT2D eigenvalue weighted by Gasteiger charge is -2.07. The van der Waals surface area contributed by atoms with Gasteiger partial charge in [-0.15, -0.1) is 0 Å². The fourth-order valence-corrected chi connectivity index (χ4v) is 2.10. The van der Waals surface area contributed by atoms with Crippen LogP contribution in [-0.4, -0.2) is 18.3 Å². The molecule has 0 saturated heterocycles. The van der Waals surface area contributed by atoms with E-state index in [1.807, 2.05) is 42.5 Å². The molecule has 2 aromatic rings. The fourth-order valence-electron chi connectivity index (χ4n) is 2.10. The highest BCUT2D eigenvalue weighted by Gasteiger charge is 1.97. The van der Waals surface area contributed by atoms with Gasteiger partial charge in [-0.2, -0.15) is 0 Å². The van der Waals surface area contributed by atoms with E-state index in [9.17, 15) is 0 Å². The zero-order chi connectivity index (χ0) is 14.2. The zero-order valence-electron chi connectivity index (χ0n) is 11.6. The number of aliphatic hydroxyl groups excluding tert-OH is 1. The number of nitrogens with two attached hydrogens (primary N) is 1. The van der Waals surface area contributed by atoms with Crippen LogP contribution in [0.4, 0.5) is 5.69 Å². The first-order chi connectivity index (χ1) is 9.78. The Labute approximate surface area is 120 Å². The first kappa shape index (κ1) is 14.4. The van der Waals surface area contributed by atoms with Crippen molar-refractivity contribution >= 4 is 5.69 Å². The molecule has 0 atom stereocenters. The molecule has 0 heterocycles. The Kier molecular flexibility index (Phi) is 5.44. The van der Waals surface area contributed by atoms with Gasteiger partial charge < -0.3 is 15.6 Å². The van der Waals surface area contributed by atoms with E-state index in [1.165, 1.54) is 5.56 Å². The first-order valence-corrected chi connectivity index (χ1v) is 6.95. The molecule has 20 heavy (non-hydrogen) atoms. The van der Waals surface area contributed by atoms with Crippen molar-refractivity contribution in [1.82, 2.24) is 0 Å². The Balaban J connectivity index is 1.73. The molecule has 0 aromatic heterocycles. The van der Waals surface area contributed by atoms with Crippen molar-refractivity contribution in [1.29, 1.82) is 0 Å². The predicted octanol–water partition coefficient (Wildman–Crippen LogP) is 2.82. The average molecular weight is 271 g/mol. The van der Waals surface area contributed by atoms with Gasteiger partial charge in [-0.1, -0.05) is 24.3 Å². The smallest absolute Gasteiger partial charge is 0.119 e. The van der Waals surface area contributed by atoms with E-state index in [0.717, 1.165) is 29.8 Å². The van der Waals surface area contributed by atoms with E-state index in [-0.39, 0.29) is 6.61 Å². The topological polar surface area (TPSA) is 55.5 Å². The summed E-state index contributed by atoms with van der Waals surface area (Å²) in [5.74, 6) is 0.874. The molecule has 0 aliphatic carbocycles. The number of hydrogen-bond donors (Lipinski definition) is 2. The predicted molar refractivity (Wildman–Crippen MR) is 81.9 cm³/mol. The van der Waals surface area contributed by atoms with E-state index in [2.05, 4.69) is 6.07 Å². The van der Waals surface area contributed by atoms with Gasteiger partial charge >= 0.3 is 0 Å². The maximum Gasteiger partial charge on any atom is 0.119 e. The SMILES string of the molecule is Nc1cccc(CCCOc2ccc(CCO)cc2)c1. The van der Waals surface area contributed by atoms with Gasteiger partial charge in [-0.25, -0.2) is 0 Å². The van der Waals surface area contributed by atoms with Crippen LogP contribution in [0.15, 0.2) is 48.5 Å². The number of hydrogen-bond acceptors (Lipinski definition) is 3. The third-order valence-electron chi connectivity index (χ3n) is 3.15. The largest absolute Gasteiger partial charge is 0.494 e. The number of anilines is 1. The van der Waals surface area contributed by atoms with E-state index < -0.39 is 0 Å². The van der Waals surface area contributed by atoms with Crippen LogP contribution in [0.3, 0.4) is 0 Å². The third-order valence-corrected chi connectivity index (χ3v) is 3.15. The average Bonchev–Trinajstić information content (AvgIpc) is 2.46. The minimum atomic E-state index is 0.181. The van der Waals surface area contributed by atoms with Gasteiger partial charge in [0.15, 0.2) is 0 Å². The number of ether oxygens (including phenoxy) is 1. The van der Waals surface area contributed by atoms with E-state index in [1.54, 1.807) is 0 Å². The van der Waals surface area contributed by atoms with Gasteiger partial charge in [0, 0.05) is 12.3 Å². The molecule has 3 nitrogen and oxygen atoms in total. The van der Waals surface area contributed by atoms with Crippen molar-refractivity contribution < 1.29 is 9.84 Å². The Morgan fingerprint density at radius 2 is 1.75 bits per heavy atom. The fraction of sp³-hybridized carbons (Fsp3) is 0.294. The van der Waals surface area contributed by atoms with Crippen LogP contribution in [0.5, 0.6) is 5.75 Å². The van der Waals surface area contributed by atoms with E-state index in [0.29, 0.717) is 13.0 Å². The lowest BCUT2D eigenvalue weighted by molar-refractivity contribution is 0.299. The van der Waals surface area contributed by atoms with Gasteiger partial charge in [-0.05, 0) is 54.7 Å². The molecule has 2 rings (SSSR count). The van der Waals surface area contributed by atoms with Crippen molar-refractivity contribution in [2.75, 3.05) is 18.9 Å². The monoisotopic (exact) mass is 271 g/mol. The summed E-state index contributed by atoms with van der Waals surface area (Å²) in [6.07, 6.45) is 2.62. The lowest BCUT2D eigenvalue weighted by Crippen LogP contribution is -2.00. The number of aliphatic hydroxyl groups is 1. The van der Waals surface area contributed by atoms with Crippen LogP contribution in [0.1, 0.15) is 17.5 Å². The summed E-state index contributed by atoms with van der Waals surface area (Å²) in [6, 6.07) is 15.8. The molecule has 0 saturated carbocycles. The van der Waals surface area contributed by atoms with Crippen molar-refractivity contribution in [2.24, 2.45) is 0 Å². The standard InChI is InChI=1S/C17H21NO2/c18-16-5-1-3-15(13-16)4-2-12-20-17-8-6-14(7-9-17)10-11-19/h1,3,5-9,13,19H,2,4,10-12,18H2. The summed E-state index contributed by atoms with van der Waals surface area (Å²) in [4.78, 5) is 0. The molecule has 0 amide bonds. The second-order valence-corrected chi connectivity index (χ2v) is 4.81. The van der Waals surface area contributed by atoms with Gasteiger partial charge in [0.05, 0.1) is 6.61 Å². The molecule has 0 fully saturated rings. The van der Waals surface area contributed by atoms with Crippen LogP contribution in [0.2, 0.25) is 0 Å². The Morgan fingerprint density at radius 3 is 2.45 bits per heavy atom. The van der Waals surface area contributed by atoms with Crippen molar-refractivity contribution in [3.05, 3.63) is 59.7 Å². The third kappa shape index (κ3) is 4.59. The highest BCUT2D eigenvalue weighted by atomic mass is 16.5. The molecule has 0 aliphatic heterocycles. The molecular weight excluding hydrogens is 250 g/mol. The normalized spacial score (nSPS) is 10.4. The summed E-state index contributed by atoms with van der Waals surface area (Å²) >= 11 is 0. The molecule has 0 aliphatic rings. The molecule has 0 spiro atoms. The van der Waals surface area contributed by atoms with Crippen molar-refractivity contribution in [3.63, 3.8) is 0 Å². The maximum atomic E-state index is 8.85. The summed E-state index contributed by atoms with van der Waals surface area (Å²) in [5.41, 5.74) is 8.92. The summed E-state index contributed by atoms with van der Waals surface area (Å²) in [5, 5.41) is 8.85. The summed E-state index contributed by atoms with van der Waals surface area (Å²) < 4.78 is 5.70. The first-order valence-electron chi connectivity index (χ1n) is 6.95. The van der Waals surface area contributed by atoms with Crippen LogP contribution in [-0.2, 0) is 12.8 Å². The molecule has 106 valence electrons. The van der Waals surface area contributed by atoms with Crippen LogP contribution in [0, 0.1) is 0 Å². The van der Waals surface area contributed by atoms with E-state index >= 15 is 0 Å². The molecule has 0 bridgehead atoms. The Bertz CT molecular complexity index is 523. The summed E-state index contributed by atoms with van der Waals surface area (Å²) in [6.45, 7) is 0.870. The van der Waals surface area contributed by atoms with Crippen molar-refractivity contribution in [3.8, 4) is 5.75 Å². The molecule has 0 radical (unpaired) electrons. The number of rotatable bonds is 7. The van der Waals surface area contributed by atoms with E-state index in [4.69, 9.17) is 15.6 Å². The number of nitrogen functional groups attached to an aromatic ring is 1. The second kappa shape index (κ2) is 7.56. The molecule has 0 unspecified atom stereocenters. The van der Waals surface area contributed by atoms with Crippen molar-refractivity contribution in [2.45, 2.75) is 19.3 Å². The maximum absolute atomic E-state index is 8.85. The van der Waals surface area contributed by atoms with Gasteiger partial charge in [0.25, 0.3) is 0 Å². The zero-order valence-corrected chi connectivity index (χ0v) is 11.6. The van der Waals surface area contributed by atoms with Gasteiger partial charge in [-0.3, -0.25) is 0 Å². The quantitative estimate of drug-likeness (QED) is 0.601. The highest BCUT2D eigenvalue weighted by Crippen LogP contribution is 2.14. The van der Waals surface area contributed by atoms with Crippen LogP contribution < -0.4 is 10.5 Å². The Hall–Kier alpha value is -2.00. The molecular formula is C17H21NO2. The minimum absolute atomic E-state index is 0.181. The number of benzene rings is 2. The van der Waals surface area contributed by atoms with Crippen LogP contribution >= 0.6 is 0 Å². The molecule has 3 N–H and O–H groups in total. The highest BCUT2D eigenvalue weighted by molar-refractivity contribution is 5.40. The lowest BCUT2D eigenvalue weighted by atomic mass is 10.1. The summed E-state index contributed by atoms with van der Waals surface area (Å²) in [7, 11) is 0. The molecule has 3 heteroatoms. The van der Waals surface area contributed by atoms with Gasteiger partial charge in [0.2, 0.25) is 0 Å². The molecule has 2 aromatic carbocycles. The minimum Gasteiger partial charge on any atom is -0.494 e. The second-order valence-electron chi connectivity index (χ2n) is 4.81. The van der Waals surface area contributed by atoms with Crippen LogP contribution in [0.25, 0.3) is 0 Å². The van der Waals surface area contributed by atoms with Gasteiger partial charge in [0.1, 0.15) is 5.75 Å². The Morgan fingerprint density at radius 1 is 0.950 bits per heavy atom.